The fraction of sp³-hybridized carbons (Fsp3) is 0.0741. The van der Waals surface area contributed by atoms with E-state index in [1.807, 2.05) is 35.6 Å². The second-order valence-corrected chi connectivity index (χ2v) is 8.80. The van der Waals surface area contributed by atoms with Crippen LogP contribution in [0.2, 0.25) is 0 Å². The van der Waals surface area contributed by atoms with Crippen molar-refractivity contribution in [3.8, 4) is 22.6 Å². The van der Waals surface area contributed by atoms with Crippen molar-refractivity contribution in [2.45, 2.75) is 13.8 Å². The van der Waals surface area contributed by atoms with Gasteiger partial charge in [0.05, 0.1) is 0 Å². The number of oxazole rings is 1. The van der Waals surface area contributed by atoms with Gasteiger partial charge in [0, 0.05) is 25.7 Å². The number of para-hydroxylation sites is 2. The summed E-state index contributed by atoms with van der Waals surface area (Å²) in [6, 6.07) is 27.7. The number of aryl methyl sites for hydroxylation is 2. The van der Waals surface area contributed by atoms with Crippen LogP contribution in [0.3, 0.4) is 0 Å². The molecular weight excluding hydrogens is 386 g/mol. The van der Waals surface area contributed by atoms with Gasteiger partial charge >= 0.3 is 0 Å². The minimum Gasteiger partial charge on any atom is -0.436 e. The summed E-state index contributed by atoms with van der Waals surface area (Å²) in [6.45, 7) is 4.31. The first kappa shape index (κ1) is 17.4. The van der Waals surface area contributed by atoms with Gasteiger partial charge in [-0.2, -0.15) is 0 Å². The lowest BCUT2D eigenvalue weighted by molar-refractivity contribution is 0.619. The van der Waals surface area contributed by atoms with Gasteiger partial charge < -0.3 is 4.42 Å². The van der Waals surface area contributed by atoms with Crippen molar-refractivity contribution in [1.82, 2.24) is 4.98 Å². The fourth-order valence-electron chi connectivity index (χ4n) is 4.28. The van der Waals surface area contributed by atoms with Gasteiger partial charge in [-0.15, -0.1) is 11.3 Å². The van der Waals surface area contributed by atoms with E-state index in [1.54, 1.807) is 0 Å². The predicted molar refractivity (Wildman–Crippen MR) is 127 cm³/mol. The summed E-state index contributed by atoms with van der Waals surface area (Å²) in [5.74, 6) is 0.684. The van der Waals surface area contributed by atoms with Crippen molar-refractivity contribution in [2.75, 3.05) is 0 Å². The molecule has 2 aromatic heterocycles. The Balaban J connectivity index is 1.55. The Morgan fingerprint density at radius 2 is 1.43 bits per heavy atom. The molecule has 0 spiro atoms. The van der Waals surface area contributed by atoms with Gasteiger partial charge in [0.25, 0.3) is 0 Å². The van der Waals surface area contributed by atoms with Crippen LogP contribution in [-0.4, -0.2) is 4.98 Å². The zero-order chi connectivity index (χ0) is 20.2. The summed E-state index contributed by atoms with van der Waals surface area (Å²) >= 11 is 1.87. The van der Waals surface area contributed by atoms with Crippen LogP contribution in [0.4, 0.5) is 0 Å². The van der Waals surface area contributed by atoms with Gasteiger partial charge in [0.2, 0.25) is 5.89 Å². The van der Waals surface area contributed by atoms with E-state index in [9.17, 15) is 0 Å². The Kier molecular flexibility index (Phi) is 3.80. The molecule has 6 aromatic rings. The largest absolute Gasteiger partial charge is 0.436 e. The molecule has 0 saturated carbocycles. The first-order valence-corrected chi connectivity index (χ1v) is 10.9. The third kappa shape index (κ3) is 2.59. The molecule has 30 heavy (non-hydrogen) atoms. The van der Waals surface area contributed by atoms with E-state index in [4.69, 9.17) is 9.40 Å². The molecule has 0 N–H and O–H groups in total. The zero-order valence-corrected chi connectivity index (χ0v) is 17.6. The summed E-state index contributed by atoms with van der Waals surface area (Å²) in [6.07, 6.45) is 0. The minimum absolute atomic E-state index is 0.684. The van der Waals surface area contributed by atoms with Gasteiger partial charge in [-0.1, -0.05) is 54.6 Å². The molecule has 0 unspecified atom stereocenters. The van der Waals surface area contributed by atoms with Gasteiger partial charge in [0.1, 0.15) is 5.52 Å². The van der Waals surface area contributed by atoms with Crippen LogP contribution in [0, 0.1) is 13.8 Å². The molecule has 3 heteroatoms. The van der Waals surface area contributed by atoms with E-state index < -0.39 is 0 Å². The molecule has 0 fully saturated rings. The van der Waals surface area contributed by atoms with Crippen LogP contribution < -0.4 is 0 Å². The van der Waals surface area contributed by atoms with Gasteiger partial charge in [0.15, 0.2) is 5.58 Å². The van der Waals surface area contributed by atoms with Crippen molar-refractivity contribution < 1.29 is 4.42 Å². The van der Waals surface area contributed by atoms with Gasteiger partial charge in [-0.3, -0.25) is 0 Å². The molecule has 0 amide bonds. The Morgan fingerprint density at radius 3 is 2.33 bits per heavy atom. The van der Waals surface area contributed by atoms with Crippen molar-refractivity contribution in [3.05, 3.63) is 90.0 Å². The predicted octanol–water partition coefficient (Wildman–Crippen LogP) is 8.15. The molecule has 6 rings (SSSR count). The van der Waals surface area contributed by atoms with Crippen LogP contribution in [0.15, 0.2) is 83.3 Å². The molecule has 2 heterocycles. The molecule has 4 aromatic carbocycles. The standard InChI is InChI=1S/C27H19NOS/c1-16-15-22(27-28-23-11-4-5-12-24(23)29-27)17(2)14-21(16)20-10-7-9-19-18-8-3-6-13-25(18)30-26(19)20/h3-15H,1-2H3. The molecule has 2 nitrogen and oxygen atoms in total. The molecule has 0 radical (unpaired) electrons. The summed E-state index contributed by atoms with van der Waals surface area (Å²) < 4.78 is 8.71. The van der Waals surface area contributed by atoms with E-state index >= 15 is 0 Å². The highest BCUT2D eigenvalue weighted by atomic mass is 32.1. The maximum Gasteiger partial charge on any atom is 0.227 e. The molecule has 0 atom stereocenters. The highest BCUT2D eigenvalue weighted by Gasteiger charge is 2.16. The summed E-state index contributed by atoms with van der Waals surface area (Å²) in [4.78, 5) is 4.70. The lowest BCUT2D eigenvalue weighted by Gasteiger charge is -2.12. The van der Waals surface area contributed by atoms with Crippen LogP contribution in [0.1, 0.15) is 11.1 Å². The second kappa shape index (κ2) is 6.54. The maximum atomic E-state index is 6.04. The maximum absolute atomic E-state index is 6.04. The van der Waals surface area contributed by atoms with Gasteiger partial charge in [-0.05, 0) is 60.4 Å². The third-order valence-electron chi connectivity index (χ3n) is 5.79. The van der Waals surface area contributed by atoms with Crippen LogP contribution >= 0.6 is 11.3 Å². The molecule has 0 aliphatic carbocycles. The van der Waals surface area contributed by atoms with Crippen molar-refractivity contribution in [1.29, 1.82) is 0 Å². The van der Waals surface area contributed by atoms with Crippen molar-refractivity contribution in [2.24, 2.45) is 0 Å². The molecular formula is C27H19NOS. The van der Waals surface area contributed by atoms with E-state index in [-0.39, 0.29) is 0 Å². The molecule has 0 aliphatic rings. The van der Waals surface area contributed by atoms with Gasteiger partial charge in [-0.25, -0.2) is 4.98 Å². The Hall–Kier alpha value is -3.43. The minimum atomic E-state index is 0.684. The topological polar surface area (TPSA) is 26.0 Å². The zero-order valence-electron chi connectivity index (χ0n) is 16.8. The Bertz CT molecular complexity index is 1540. The normalized spacial score (nSPS) is 11.7. The first-order valence-electron chi connectivity index (χ1n) is 10.1. The highest BCUT2D eigenvalue weighted by molar-refractivity contribution is 7.26. The van der Waals surface area contributed by atoms with E-state index in [2.05, 4.69) is 68.4 Å². The fourth-order valence-corrected chi connectivity index (χ4v) is 5.51. The number of thiophene rings is 1. The van der Waals surface area contributed by atoms with Crippen LogP contribution in [0.25, 0.3) is 53.9 Å². The number of fused-ring (bicyclic) bond motifs is 4. The summed E-state index contributed by atoms with van der Waals surface area (Å²) in [5, 5.41) is 2.66. The van der Waals surface area contributed by atoms with Crippen LogP contribution in [-0.2, 0) is 0 Å². The quantitative estimate of drug-likeness (QED) is 0.290. The number of aromatic nitrogens is 1. The van der Waals surface area contributed by atoms with E-state index in [0.717, 1.165) is 16.7 Å². The average molecular weight is 406 g/mol. The summed E-state index contributed by atoms with van der Waals surface area (Å²) in [7, 11) is 0. The lowest BCUT2D eigenvalue weighted by Crippen LogP contribution is -1.90. The first-order chi connectivity index (χ1) is 14.7. The van der Waals surface area contributed by atoms with E-state index in [0.29, 0.717) is 5.89 Å². The second-order valence-electron chi connectivity index (χ2n) is 7.75. The van der Waals surface area contributed by atoms with Crippen molar-refractivity contribution in [3.63, 3.8) is 0 Å². The average Bonchev–Trinajstić information content (AvgIpc) is 3.36. The Morgan fingerprint density at radius 1 is 0.700 bits per heavy atom. The molecule has 0 bridgehead atoms. The third-order valence-corrected chi connectivity index (χ3v) is 7.01. The smallest absolute Gasteiger partial charge is 0.227 e. The number of hydrogen-bond donors (Lipinski definition) is 0. The number of rotatable bonds is 2. The van der Waals surface area contributed by atoms with E-state index in [1.165, 1.54) is 42.4 Å². The summed E-state index contributed by atoms with van der Waals surface area (Å²) in [5.41, 5.74) is 7.72. The molecule has 0 saturated heterocycles. The SMILES string of the molecule is Cc1cc(-c2cccc3c2sc2ccccc23)c(C)cc1-c1nc2ccccc2o1. The Labute approximate surface area is 178 Å². The number of hydrogen-bond acceptors (Lipinski definition) is 3. The number of nitrogens with zero attached hydrogens (tertiary/aromatic N) is 1. The molecule has 144 valence electrons. The number of benzene rings is 4. The molecule has 0 aliphatic heterocycles. The van der Waals surface area contributed by atoms with Crippen molar-refractivity contribution >= 4 is 42.6 Å². The highest BCUT2D eigenvalue weighted by Crippen LogP contribution is 2.41. The lowest BCUT2D eigenvalue weighted by atomic mass is 9.94. The monoisotopic (exact) mass is 405 g/mol. The van der Waals surface area contributed by atoms with Crippen LogP contribution in [0.5, 0.6) is 0 Å².